The lowest BCUT2D eigenvalue weighted by Crippen LogP contribution is -2.26. The van der Waals surface area contributed by atoms with E-state index in [1.807, 2.05) is 0 Å². The molecule has 29 heavy (non-hydrogen) atoms. The number of nitrogens with one attached hydrogen (secondary N) is 2. The maximum Gasteiger partial charge on any atom is 0.261 e. The van der Waals surface area contributed by atoms with Crippen molar-refractivity contribution in [3.05, 3.63) is 95.3 Å². The second-order valence-corrected chi connectivity index (χ2v) is 8.38. The molecule has 0 fully saturated rings. The van der Waals surface area contributed by atoms with Gasteiger partial charge in [0.05, 0.1) is 16.6 Å². The Labute approximate surface area is 169 Å². The quantitative estimate of drug-likeness (QED) is 0.629. The van der Waals surface area contributed by atoms with Crippen molar-refractivity contribution in [1.82, 2.24) is 5.32 Å². The minimum absolute atomic E-state index is 0.161. The zero-order valence-corrected chi connectivity index (χ0v) is 16.8. The van der Waals surface area contributed by atoms with Crippen LogP contribution >= 0.6 is 0 Å². The zero-order valence-electron chi connectivity index (χ0n) is 16.0. The Kier molecular flexibility index (Phi) is 5.98. The molecule has 0 bridgehead atoms. The second kappa shape index (κ2) is 8.45. The Morgan fingerprint density at radius 3 is 2.24 bits per heavy atom. The Morgan fingerprint density at radius 2 is 1.62 bits per heavy atom. The van der Waals surface area contributed by atoms with Crippen LogP contribution < -0.4 is 10.0 Å². The third-order valence-electron chi connectivity index (χ3n) is 4.50. The van der Waals surface area contributed by atoms with E-state index in [-0.39, 0.29) is 22.7 Å². The fourth-order valence-corrected chi connectivity index (χ4v) is 3.99. The van der Waals surface area contributed by atoms with Gasteiger partial charge in [-0.25, -0.2) is 12.8 Å². The fourth-order valence-electron chi connectivity index (χ4n) is 2.84. The Hall–Kier alpha value is -3.19. The average molecular weight is 412 g/mol. The van der Waals surface area contributed by atoms with E-state index in [2.05, 4.69) is 10.0 Å². The van der Waals surface area contributed by atoms with Gasteiger partial charge >= 0.3 is 0 Å². The molecule has 0 saturated heterocycles. The highest BCUT2D eigenvalue weighted by Crippen LogP contribution is 2.21. The number of hydrogen-bond donors (Lipinski definition) is 2. The second-order valence-electron chi connectivity index (χ2n) is 6.69. The van der Waals surface area contributed by atoms with E-state index in [0.717, 1.165) is 5.56 Å². The van der Waals surface area contributed by atoms with E-state index in [0.29, 0.717) is 16.8 Å². The number of carbonyl (C=O) groups is 1. The normalized spacial score (nSPS) is 12.2. The third-order valence-corrected chi connectivity index (χ3v) is 5.89. The molecule has 0 saturated carbocycles. The lowest BCUT2D eigenvalue weighted by Gasteiger charge is -2.16. The summed E-state index contributed by atoms with van der Waals surface area (Å²) in [7, 11) is -3.71. The third kappa shape index (κ3) is 5.00. The SMILES string of the molecule is Cc1cc(C(=O)N[C@H](C)c2ccc(F)cc2)ccc1NS(=O)(=O)c1ccccc1. The largest absolute Gasteiger partial charge is 0.346 e. The van der Waals surface area contributed by atoms with Crippen LogP contribution in [-0.2, 0) is 10.0 Å². The van der Waals surface area contributed by atoms with Crippen molar-refractivity contribution in [2.24, 2.45) is 0 Å². The summed E-state index contributed by atoms with van der Waals surface area (Å²) >= 11 is 0. The standard InChI is InChI=1S/C22H21FN2O3S/c1-15-14-18(22(26)24-16(2)17-8-11-19(23)12-9-17)10-13-21(15)25-29(27,28)20-6-4-3-5-7-20/h3-14,16,25H,1-2H3,(H,24,26)/t16-/m1/s1. The minimum Gasteiger partial charge on any atom is -0.346 e. The maximum atomic E-state index is 13.0. The summed E-state index contributed by atoms with van der Waals surface area (Å²) in [6.07, 6.45) is 0. The van der Waals surface area contributed by atoms with Crippen LogP contribution in [-0.4, -0.2) is 14.3 Å². The molecule has 0 aliphatic heterocycles. The summed E-state index contributed by atoms with van der Waals surface area (Å²) < 4.78 is 40.6. The van der Waals surface area contributed by atoms with Crippen LogP contribution in [0.4, 0.5) is 10.1 Å². The first-order valence-corrected chi connectivity index (χ1v) is 10.5. The molecule has 2 N–H and O–H groups in total. The molecule has 3 aromatic rings. The van der Waals surface area contributed by atoms with Gasteiger partial charge in [-0.15, -0.1) is 0 Å². The van der Waals surface area contributed by atoms with Crippen molar-refractivity contribution in [2.45, 2.75) is 24.8 Å². The van der Waals surface area contributed by atoms with E-state index < -0.39 is 10.0 Å². The molecule has 3 rings (SSSR count). The van der Waals surface area contributed by atoms with Crippen LogP contribution in [0, 0.1) is 12.7 Å². The minimum atomic E-state index is -3.71. The van der Waals surface area contributed by atoms with Crippen LogP contribution in [0.5, 0.6) is 0 Å². The summed E-state index contributed by atoms with van der Waals surface area (Å²) in [6.45, 7) is 3.53. The predicted octanol–water partition coefficient (Wildman–Crippen LogP) is 4.43. The topological polar surface area (TPSA) is 75.3 Å². The van der Waals surface area contributed by atoms with E-state index >= 15 is 0 Å². The van der Waals surface area contributed by atoms with Crippen molar-refractivity contribution in [3.8, 4) is 0 Å². The maximum absolute atomic E-state index is 13.0. The van der Waals surface area contributed by atoms with Crippen LogP contribution in [0.25, 0.3) is 0 Å². The molecule has 0 aliphatic carbocycles. The summed E-state index contributed by atoms with van der Waals surface area (Å²) in [5, 5.41) is 2.85. The van der Waals surface area contributed by atoms with Gasteiger partial charge in [0.2, 0.25) is 0 Å². The molecule has 150 valence electrons. The van der Waals surface area contributed by atoms with Gasteiger partial charge in [0, 0.05) is 5.56 Å². The molecule has 5 nitrogen and oxygen atoms in total. The molecule has 1 amide bonds. The van der Waals surface area contributed by atoms with Gasteiger partial charge < -0.3 is 5.32 Å². The first-order valence-electron chi connectivity index (χ1n) is 9.01. The van der Waals surface area contributed by atoms with Gasteiger partial charge in [-0.1, -0.05) is 30.3 Å². The van der Waals surface area contributed by atoms with Crippen molar-refractivity contribution < 1.29 is 17.6 Å². The molecular formula is C22H21FN2O3S. The highest BCUT2D eigenvalue weighted by Gasteiger charge is 2.17. The monoisotopic (exact) mass is 412 g/mol. The number of halogens is 1. The van der Waals surface area contributed by atoms with Crippen molar-refractivity contribution in [2.75, 3.05) is 4.72 Å². The smallest absolute Gasteiger partial charge is 0.261 e. The Morgan fingerprint density at radius 1 is 0.966 bits per heavy atom. The highest BCUT2D eigenvalue weighted by atomic mass is 32.2. The number of anilines is 1. The lowest BCUT2D eigenvalue weighted by atomic mass is 10.1. The van der Waals surface area contributed by atoms with E-state index in [4.69, 9.17) is 0 Å². The average Bonchev–Trinajstić information content (AvgIpc) is 2.70. The van der Waals surface area contributed by atoms with Gasteiger partial charge in [0.25, 0.3) is 15.9 Å². The number of carbonyl (C=O) groups excluding carboxylic acids is 1. The van der Waals surface area contributed by atoms with Gasteiger partial charge in [-0.2, -0.15) is 0 Å². The van der Waals surface area contributed by atoms with Gasteiger partial charge in [0.15, 0.2) is 0 Å². The molecular weight excluding hydrogens is 391 g/mol. The zero-order chi connectivity index (χ0) is 21.0. The molecule has 0 unspecified atom stereocenters. The number of benzene rings is 3. The van der Waals surface area contributed by atoms with Crippen molar-refractivity contribution in [3.63, 3.8) is 0 Å². The van der Waals surface area contributed by atoms with Crippen molar-refractivity contribution >= 4 is 21.6 Å². The first-order chi connectivity index (χ1) is 13.8. The molecule has 0 heterocycles. The highest BCUT2D eigenvalue weighted by molar-refractivity contribution is 7.92. The number of sulfonamides is 1. The van der Waals surface area contributed by atoms with Crippen LogP contribution in [0.2, 0.25) is 0 Å². The van der Waals surface area contributed by atoms with E-state index in [9.17, 15) is 17.6 Å². The first kappa shape index (κ1) is 20.5. The molecule has 0 aromatic heterocycles. The number of amides is 1. The Bertz CT molecular complexity index is 1110. The van der Waals surface area contributed by atoms with Gasteiger partial charge in [0.1, 0.15) is 5.82 Å². The lowest BCUT2D eigenvalue weighted by molar-refractivity contribution is 0.0940. The number of rotatable bonds is 6. The van der Waals surface area contributed by atoms with Gasteiger partial charge in [-0.05, 0) is 67.4 Å². The molecule has 0 spiro atoms. The van der Waals surface area contributed by atoms with E-state index in [1.54, 1.807) is 62.4 Å². The summed E-state index contributed by atoms with van der Waals surface area (Å²) in [5.74, 6) is -0.640. The van der Waals surface area contributed by atoms with Crippen LogP contribution in [0.15, 0.2) is 77.7 Å². The number of aryl methyl sites for hydroxylation is 1. The van der Waals surface area contributed by atoms with Crippen LogP contribution in [0.1, 0.15) is 34.5 Å². The van der Waals surface area contributed by atoms with Crippen molar-refractivity contribution in [1.29, 1.82) is 0 Å². The Balaban J connectivity index is 1.73. The van der Waals surface area contributed by atoms with E-state index in [1.165, 1.54) is 24.3 Å². The predicted molar refractivity (Wildman–Crippen MR) is 111 cm³/mol. The molecule has 0 aliphatic rings. The summed E-state index contributed by atoms with van der Waals surface area (Å²) in [6, 6.07) is 18.4. The number of hydrogen-bond acceptors (Lipinski definition) is 3. The fraction of sp³-hybridized carbons (Fsp3) is 0.136. The van der Waals surface area contributed by atoms with Crippen LogP contribution in [0.3, 0.4) is 0 Å². The molecule has 1 atom stereocenters. The molecule has 7 heteroatoms. The summed E-state index contributed by atoms with van der Waals surface area (Å²) in [4.78, 5) is 12.7. The van der Waals surface area contributed by atoms with Gasteiger partial charge in [-0.3, -0.25) is 9.52 Å². The molecule has 0 radical (unpaired) electrons. The molecule has 3 aromatic carbocycles. The summed E-state index contributed by atoms with van der Waals surface area (Å²) in [5.41, 5.74) is 2.20.